The minimum Gasteiger partial charge on any atom is -0.394 e. The summed E-state index contributed by atoms with van der Waals surface area (Å²) < 4.78 is 1.14. The third kappa shape index (κ3) is 4.32. The molecule has 1 heterocycles. The molecule has 4 N–H and O–H groups in total. The Bertz CT molecular complexity index is 806. The maximum Gasteiger partial charge on any atom is 0.243 e. The molecule has 2 aliphatic rings. The lowest BCUT2D eigenvalue weighted by Crippen LogP contribution is -2.38. The first-order valence-electron chi connectivity index (χ1n) is 8.75. The van der Waals surface area contributed by atoms with Crippen molar-refractivity contribution in [1.29, 1.82) is 0 Å². The van der Waals surface area contributed by atoms with Gasteiger partial charge in [-0.15, -0.1) is 11.8 Å². The summed E-state index contributed by atoms with van der Waals surface area (Å²) in [5.74, 6) is -0.394. The van der Waals surface area contributed by atoms with Crippen molar-refractivity contribution in [3.63, 3.8) is 0 Å². The number of anilines is 1. The van der Waals surface area contributed by atoms with Crippen LogP contribution in [0.3, 0.4) is 0 Å². The van der Waals surface area contributed by atoms with Crippen LogP contribution < -0.4 is 11.1 Å². The molecular formula is C20H24BrN3O2S. The second-order valence-corrected chi connectivity index (χ2v) is 8.96. The molecule has 0 saturated carbocycles. The predicted octanol–water partition coefficient (Wildman–Crippen LogP) is 3.49. The van der Waals surface area contributed by atoms with E-state index in [0.29, 0.717) is 11.1 Å². The van der Waals surface area contributed by atoms with Crippen molar-refractivity contribution in [2.75, 3.05) is 19.0 Å². The minimum atomic E-state index is -0.913. The fourth-order valence-corrected chi connectivity index (χ4v) is 4.88. The van der Waals surface area contributed by atoms with Gasteiger partial charge in [0.2, 0.25) is 5.91 Å². The molecule has 5 nitrogen and oxygen atoms in total. The van der Waals surface area contributed by atoms with Crippen LogP contribution >= 0.6 is 27.7 Å². The Hall–Kier alpha value is -1.54. The minimum absolute atomic E-state index is 0.0588. The standard InChI is InChI=1S/C20H24BrN3O2S/c1-20(9-7-14(21)8-10-20)19-24(2)17(12-27-19)13-3-5-15(6-4-13)23-18(26)16(22)11-25/h3-9,12,16,19,25H,10-11,22H2,1-2H3,(H,23,26). The highest BCUT2D eigenvalue weighted by atomic mass is 79.9. The zero-order chi connectivity index (χ0) is 19.6. The molecule has 3 rings (SSSR count). The number of hydrogen-bond donors (Lipinski definition) is 3. The molecule has 1 aromatic carbocycles. The van der Waals surface area contributed by atoms with Crippen LogP contribution in [0.5, 0.6) is 0 Å². The van der Waals surface area contributed by atoms with Gasteiger partial charge in [0.1, 0.15) is 6.04 Å². The summed E-state index contributed by atoms with van der Waals surface area (Å²) in [5, 5.41) is 14.2. The summed E-state index contributed by atoms with van der Waals surface area (Å²) in [6, 6.07) is 6.77. The molecule has 0 saturated heterocycles. The number of thioether (sulfide) groups is 1. The molecule has 27 heavy (non-hydrogen) atoms. The Morgan fingerprint density at radius 2 is 2.19 bits per heavy atom. The van der Waals surface area contributed by atoms with Crippen molar-refractivity contribution in [3.8, 4) is 0 Å². The van der Waals surface area contributed by atoms with E-state index in [1.165, 1.54) is 0 Å². The first-order chi connectivity index (χ1) is 12.8. The molecule has 0 spiro atoms. The average Bonchev–Trinajstić information content (AvgIpc) is 3.06. The van der Waals surface area contributed by atoms with E-state index < -0.39 is 11.9 Å². The van der Waals surface area contributed by atoms with E-state index in [9.17, 15) is 4.79 Å². The predicted molar refractivity (Wildman–Crippen MR) is 116 cm³/mol. The summed E-state index contributed by atoms with van der Waals surface area (Å²) in [5.41, 5.74) is 8.51. The molecule has 0 bridgehead atoms. The second-order valence-electron chi connectivity index (χ2n) is 7.09. The summed E-state index contributed by atoms with van der Waals surface area (Å²) in [7, 11) is 2.12. The number of amides is 1. The van der Waals surface area contributed by atoms with Gasteiger partial charge in [-0.05, 0) is 29.5 Å². The third-order valence-electron chi connectivity index (χ3n) is 4.95. The van der Waals surface area contributed by atoms with Gasteiger partial charge in [-0.3, -0.25) is 4.79 Å². The highest BCUT2D eigenvalue weighted by Gasteiger charge is 2.39. The highest BCUT2D eigenvalue weighted by molar-refractivity contribution is 9.11. The molecular weight excluding hydrogens is 426 g/mol. The quantitative estimate of drug-likeness (QED) is 0.640. The topological polar surface area (TPSA) is 78.6 Å². The van der Waals surface area contributed by atoms with E-state index >= 15 is 0 Å². The fraction of sp³-hybridized carbons (Fsp3) is 0.350. The number of hydrogen-bond acceptors (Lipinski definition) is 5. The van der Waals surface area contributed by atoms with Crippen LogP contribution in [0.1, 0.15) is 18.9 Å². The zero-order valence-corrected chi connectivity index (χ0v) is 17.8. The number of halogens is 1. The van der Waals surface area contributed by atoms with E-state index in [4.69, 9.17) is 10.8 Å². The van der Waals surface area contributed by atoms with E-state index in [0.717, 1.165) is 22.2 Å². The number of aliphatic hydroxyl groups is 1. The van der Waals surface area contributed by atoms with Gasteiger partial charge < -0.3 is 21.1 Å². The van der Waals surface area contributed by atoms with E-state index in [2.05, 4.69) is 63.8 Å². The average molecular weight is 450 g/mol. The fourth-order valence-electron chi connectivity index (χ4n) is 3.25. The summed E-state index contributed by atoms with van der Waals surface area (Å²) >= 11 is 5.37. The summed E-state index contributed by atoms with van der Waals surface area (Å²) in [6.07, 6.45) is 7.62. The third-order valence-corrected chi connectivity index (χ3v) is 7.01. The van der Waals surface area contributed by atoms with E-state index in [1.807, 2.05) is 36.0 Å². The van der Waals surface area contributed by atoms with Gasteiger partial charge in [-0.2, -0.15) is 0 Å². The lowest BCUT2D eigenvalue weighted by atomic mass is 9.82. The zero-order valence-electron chi connectivity index (χ0n) is 15.4. The number of allylic oxidation sites excluding steroid dienone is 3. The molecule has 144 valence electrons. The second kappa shape index (κ2) is 8.22. The van der Waals surface area contributed by atoms with Crippen LogP contribution in [0.2, 0.25) is 0 Å². The van der Waals surface area contributed by atoms with Crippen molar-refractivity contribution < 1.29 is 9.90 Å². The van der Waals surface area contributed by atoms with Gasteiger partial charge >= 0.3 is 0 Å². The molecule has 3 atom stereocenters. The Balaban J connectivity index is 1.69. The van der Waals surface area contributed by atoms with Crippen molar-refractivity contribution in [2.24, 2.45) is 11.1 Å². The largest absolute Gasteiger partial charge is 0.394 e. The van der Waals surface area contributed by atoms with Crippen molar-refractivity contribution in [3.05, 3.63) is 57.9 Å². The van der Waals surface area contributed by atoms with Crippen molar-refractivity contribution >= 4 is 45.0 Å². The van der Waals surface area contributed by atoms with Crippen LogP contribution in [0.25, 0.3) is 5.70 Å². The number of nitrogens with zero attached hydrogens (tertiary/aromatic N) is 1. The lowest BCUT2D eigenvalue weighted by Gasteiger charge is -2.39. The molecule has 3 unspecified atom stereocenters. The Morgan fingerprint density at radius 1 is 1.48 bits per heavy atom. The van der Waals surface area contributed by atoms with Crippen molar-refractivity contribution in [1.82, 2.24) is 4.90 Å². The normalized spacial score (nSPS) is 25.8. The first-order valence-corrected chi connectivity index (χ1v) is 10.5. The SMILES string of the molecule is CN1C(c2ccc(NC(=O)C(N)CO)cc2)=CSC1C1(C)C=CC(Br)=CC1. The molecule has 1 aromatic rings. The number of carbonyl (C=O) groups is 1. The van der Waals surface area contributed by atoms with Crippen LogP contribution in [-0.2, 0) is 4.79 Å². The smallest absolute Gasteiger partial charge is 0.243 e. The molecule has 1 aliphatic carbocycles. The molecule has 0 fully saturated rings. The van der Waals surface area contributed by atoms with Crippen LogP contribution in [-0.4, -0.2) is 41.0 Å². The summed E-state index contributed by atoms with van der Waals surface area (Å²) in [4.78, 5) is 14.1. The molecule has 7 heteroatoms. The monoisotopic (exact) mass is 449 g/mol. The molecule has 1 aliphatic heterocycles. The van der Waals surface area contributed by atoms with Crippen molar-refractivity contribution in [2.45, 2.75) is 24.8 Å². The number of rotatable bonds is 5. The molecule has 1 amide bonds. The summed E-state index contributed by atoms with van der Waals surface area (Å²) in [6.45, 7) is 1.91. The van der Waals surface area contributed by atoms with Crippen LogP contribution in [0.15, 0.2) is 52.4 Å². The number of aliphatic hydroxyl groups excluding tert-OH is 1. The van der Waals surface area contributed by atoms with E-state index in [1.54, 1.807) is 0 Å². The van der Waals surface area contributed by atoms with E-state index in [-0.39, 0.29) is 12.0 Å². The Kier molecular flexibility index (Phi) is 6.15. The number of benzene rings is 1. The lowest BCUT2D eigenvalue weighted by molar-refractivity contribution is -0.118. The Labute approximate surface area is 172 Å². The van der Waals surface area contributed by atoms with Gasteiger partial charge in [-0.25, -0.2) is 0 Å². The number of nitrogens with two attached hydrogens (primary N) is 1. The van der Waals surface area contributed by atoms with Crippen LogP contribution in [0, 0.1) is 5.41 Å². The van der Waals surface area contributed by atoms with Gasteiger partial charge in [0.15, 0.2) is 0 Å². The van der Waals surface area contributed by atoms with Crippen LogP contribution in [0.4, 0.5) is 5.69 Å². The van der Waals surface area contributed by atoms with Gasteiger partial charge in [0.05, 0.1) is 17.7 Å². The van der Waals surface area contributed by atoms with Gasteiger partial charge in [0, 0.05) is 22.6 Å². The number of carbonyl (C=O) groups excluding carboxylic acids is 1. The first kappa shape index (κ1) is 20.2. The van der Waals surface area contributed by atoms with Gasteiger partial charge in [-0.1, -0.05) is 53.2 Å². The Morgan fingerprint density at radius 3 is 2.78 bits per heavy atom. The number of nitrogens with one attached hydrogen (secondary N) is 1. The van der Waals surface area contributed by atoms with Gasteiger partial charge in [0.25, 0.3) is 0 Å². The molecule has 0 radical (unpaired) electrons. The maximum absolute atomic E-state index is 11.8. The highest BCUT2D eigenvalue weighted by Crippen LogP contribution is 2.48. The molecule has 0 aromatic heterocycles. The maximum atomic E-state index is 11.8.